The number of aliphatic hydroxyl groups is 3. The SMILES string of the molecule is CO[C@@H]1C[C@@H](C[C@@H](C)[C@@H]2CC[C@H](C)/C=C(\C)[C@@H](O)[C@@H](OC)C(=O)[C@H](C)C[C@H](C)/C=C/C=C/C=C(\C)[C@H](Nc3cccc(C#N)c3)C[C@@H]3CC[C@@H](C)[C@@](O)(O3)C(=O)C(=O)N3CCCC[C@H]3C(=O)O2)CC[C@H]1O. The number of esters is 1. The molecule has 2 bridgehead atoms. The third-order valence-corrected chi connectivity index (χ3v) is 15.6. The first-order valence-corrected chi connectivity index (χ1v) is 26.2. The lowest BCUT2D eigenvalue weighted by atomic mass is 9.78. The number of nitrogens with one attached hydrogen (secondary N) is 1. The number of carbonyl (C=O) groups is 4. The van der Waals surface area contributed by atoms with Crippen LogP contribution in [0.2, 0.25) is 0 Å². The summed E-state index contributed by atoms with van der Waals surface area (Å²) >= 11 is 0. The van der Waals surface area contributed by atoms with Crippen LogP contribution in [-0.4, -0.2) is 119 Å². The van der Waals surface area contributed by atoms with E-state index in [1.165, 1.54) is 12.0 Å². The molecule has 0 radical (unpaired) electrons. The predicted octanol–water partition coefficient (Wildman–Crippen LogP) is 8.34. The Morgan fingerprint density at radius 2 is 1.65 bits per heavy atom. The molecule has 1 aromatic carbocycles. The average molecular weight is 986 g/mol. The topological polar surface area (TPSA) is 205 Å². The Labute approximate surface area is 422 Å². The van der Waals surface area contributed by atoms with Gasteiger partial charge in [0, 0.05) is 44.3 Å². The number of hydrogen-bond donors (Lipinski definition) is 4. The molecule has 1 aromatic rings. The average Bonchev–Trinajstić information content (AvgIpc) is 3.35. The van der Waals surface area contributed by atoms with Crippen molar-refractivity contribution < 1.29 is 53.4 Å². The van der Waals surface area contributed by atoms with Gasteiger partial charge in [0.25, 0.3) is 11.7 Å². The molecule has 0 unspecified atom stereocenters. The Balaban J connectivity index is 1.49. The maximum absolute atomic E-state index is 14.5. The fourth-order valence-corrected chi connectivity index (χ4v) is 11.1. The van der Waals surface area contributed by atoms with Crippen molar-refractivity contribution in [1.29, 1.82) is 5.26 Å². The van der Waals surface area contributed by atoms with Gasteiger partial charge in [0.1, 0.15) is 24.4 Å². The highest BCUT2D eigenvalue weighted by molar-refractivity contribution is 6.39. The number of ether oxygens (including phenoxy) is 4. The summed E-state index contributed by atoms with van der Waals surface area (Å²) in [5.41, 5.74) is 2.69. The number of Topliss-reactive ketones (excluding diaryl/α,β-unsaturated/α-hetero) is 2. The van der Waals surface area contributed by atoms with E-state index in [4.69, 9.17) is 18.9 Å². The molecular formula is C57H83N3O11. The smallest absolute Gasteiger partial charge is 0.329 e. The molecule has 4 aliphatic rings. The van der Waals surface area contributed by atoms with Crippen LogP contribution >= 0.6 is 0 Å². The molecule has 3 fully saturated rings. The van der Waals surface area contributed by atoms with Crippen molar-refractivity contribution in [3.8, 4) is 6.07 Å². The number of nitriles is 1. The first-order valence-electron chi connectivity index (χ1n) is 26.2. The molecule has 2 saturated heterocycles. The standard InChI is InChI=1S/C57H83N3O11/c1-35-16-11-10-12-17-37(3)46(59-44-19-15-18-43(31-44)34-58)33-45-24-22-41(7)57(67,71-45)54(64)55(65)60-27-14-13-20-47(60)56(66)70-49(38(4)30-42-23-25-48(61)50(32-42)68-8)26-21-36(2)29-40(6)52(63)53(69-9)51(62)39(5)28-35/h10-12,15-19,29,31,35-36,38-39,41-42,45-50,52-53,59,61,63,67H,13-14,20-28,30,32-33H2,1-9H3/b12-10+,16-11+,37-17+,40-29+/t35-,36+,38-,39-,41-,42-,45+,46-,47+,48-,49+,50-,52-,53+,57-/m1/s1. The minimum Gasteiger partial charge on any atom is -0.461 e. The van der Waals surface area contributed by atoms with Crippen LogP contribution in [0.3, 0.4) is 0 Å². The van der Waals surface area contributed by atoms with Crippen LogP contribution in [-0.2, 0) is 38.1 Å². The molecule has 3 aliphatic heterocycles. The van der Waals surface area contributed by atoms with Gasteiger partial charge in [0.15, 0.2) is 5.78 Å². The highest BCUT2D eigenvalue weighted by atomic mass is 16.6. The first kappa shape index (κ1) is 57.4. The van der Waals surface area contributed by atoms with E-state index in [1.807, 2.05) is 70.2 Å². The summed E-state index contributed by atoms with van der Waals surface area (Å²) in [6.07, 6.45) is 14.5. The molecule has 14 heteroatoms. The van der Waals surface area contributed by atoms with E-state index in [9.17, 15) is 39.8 Å². The number of carbonyl (C=O) groups excluding carboxylic acids is 4. The van der Waals surface area contributed by atoms with Gasteiger partial charge in [-0.1, -0.05) is 82.7 Å². The van der Waals surface area contributed by atoms with Gasteiger partial charge in [-0.25, -0.2) is 4.79 Å². The van der Waals surface area contributed by atoms with E-state index >= 15 is 0 Å². The molecule has 1 aliphatic carbocycles. The Hall–Kier alpha value is -4.49. The van der Waals surface area contributed by atoms with Gasteiger partial charge in [-0.3, -0.25) is 14.4 Å². The number of allylic oxidation sites excluding steroid dienone is 6. The van der Waals surface area contributed by atoms with Crippen LogP contribution < -0.4 is 5.32 Å². The van der Waals surface area contributed by atoms with E-state index < -0.39 is 71.8 Å². The molecular weight excluding hydrogens is 903 g/mol. The molecule has 71 heavy (non-hydrogen) atoms. The third-order valence-electron chi connectivity index (χ3n) is 15.6. The number of anilines is 1. The van der Waals surface area contributed by atoms with Crippen molar-refractivity contribution in [2.24, 2.45) is 35.5 Å². The summed E-state index contributed by atoms with van der Waals surface area (Å²) in [7, 11) is 3.04. The number of nitrogens with zero attached hydrogens (tertiary/aromatic N) is 2. The van der Waals surface area contributed by atoms with E-state index in [-0.39, 0.29) is 54.6 Å². The lowest BCUT2D eigenvalue weighted by molar-refractivity contribution is -0.263. The summed E-state index contributed by atoms with van der Waals surface area (Å²) < 4.78 is 24.1. The molecule has 4 N–H and O–H groups in total. The number of rotatable bonds is 7. The number of fused-ring (bicyclic) bond motifs is 3. The second kappa shape index (κ2) is 27.0. The van der Waals surface area contributed by atoms with E-state index in [2.05, 4.69) is 18.3 Å². The second-order valence-electron chi connectivity index (χ2n) is 21.4. The zero-order valence-corrected chi connectivity index (χ0v) is 43.8. The summed E-state index contributed by atoms with van der Waals surface area (Å²) in [6.45, 7) is 13.5. The van der Waals surface area contributed by atoms with Gasteiger partial charge in [0.2, 0.25) is 5.79 Å². The highest BCUT2D eigenvalue weighted by Gasteiger charge is 2.53. The molecule has 5 rings (SSSR count). The predicted molar refractivity (Wildman–Crippen MR) is 273 cm³/mol. The number of cyclic esters (lactones) is 1. The quantitative estimate of drug-likeness (QED) is 0.115. The molecule has 1 saturated carbocycles. The second-order valence-corrected chi connectivity index (χ2v) is 21.4. The summed E-state index contributed by atoms with van der Waals surface area (Å²) in [4.78, 5) is 58.5. The zero-order chi connectivity index (χ0) is 52.0. The van der Waals surface area contributed by atoms with Gasteiger partial charge in [-0.2, -0.15) is 5.26 Å². The fourth-order valence-electron chi connectivity index (χ4n) is 11.1. The van der Waals surface area contributed by atoms with Crippen LogP contribution in [0.25, 0.3) is 0 Å². The number of piperidine rings is 1. The number of aliphatic hydroxyl groups excluding tert-OH is 2. The van der Waals surface area contributed by atoms with Gasteiger partial charge in [0.05, 0.1) is 29.9 Å². The van der Waals surface area contributed by atoms with E-state index in [1.54, 1.807) is 39.2 Å². The van der Waals surface area contributed by atoms with Crippen molar-refractivity contribution in [2.75, 3.05) is 26.1 Å². The summed E-state index contributed by atoms with van der Waals surface area (Å²) in [6, 6.07) is 7.87. The summed E-state index contributed by atoms with van der Waals surface area (Å²) in [5, 5.41) is 47.4. The molecule has 14 nitrogen and oxygen atoms in total. The lowest BCUT2D eigenvalue weighted by Crippen LogP contribution is -2.61. The molecule has 0 spiro atoms. The summed E-state index contributed by atoms with van der Waals surface area (Å²) in [5.74, 6) is -6.40. The van der Waals surface area contributed by atoms with E-state index in [0.29, 0.717) is 87.5 Å². The van der Waals surface area contributed by atoms with Crippen molar-refractivity contribution >= 4 is 29.1 Å². The van der Waals surface area contributed by atoms with Crippen molar-refractivity contribution in [1.82, 2.24) is 4.90 Å². The number of benzene rings is 1. The fraction of sp³-hybridized carbons (Fsp3) is 0.667. The maximum atomic E-state index is 14.5. The lowest BCUT2D eigenvalue weighted by Gasteiger charge is -2.43. The van der Waals surface area contributed by atoms with Gasteiger partial charge >= 0.3 is 5.97 Å². The minimum absolute atomic E-state index is 0.0309. The van der Waals surface area contributed by atoms with Crippen LogP contribution in [0.1, 0.15) is 138 Å². The number of amides is 1. The first-order chi connectivity index (χ1) is 33.8. The Morgan fingerprint density at radius 1 is 0.887 bits per heavy atom. The van der Waals surface area contributed by atoms with Gasteiger partial charge in [-0.15, -0.1) is 0 Å². The Morgan fingerprint density at radius 3 is 2.37 bits per heavy atom. The van der Waals surface area contributed by atoms with Gasteiger partial charge < -0.3 is 44.5 Å². The monoisotopic (exact) mass is 986 g/mol. The van der Waals surface area contributed by atoms with Crippen molar-refractivity contribution in [2.45, 2.75) is 186 Å². The maximum Gasteiger partial charge on any atom is 0.329 e. The highest BCUT2D eigenvalue weighted by Crippen LogP contribution is 2.38. The third kappa shape index (κ3) is 15.5. The van der Waals surface area contributed by atoms with Gasteiger partial charge in [-0.05, 0) is 145 Å². The molecule has 3 heterocycles. The Kier molecular flexibility index (Phi) is 21.8. The molecule has 15 atom stereocenters. The number of methoxy groups -OCH3 is 2. The molecule has 392 valence electrons. The van der Waals surface area contributed by atoms with Crippen LogP contribution in [0.5, 0.6) is 0 Å². The van der Waals surface area contributed by atoms with Crippen LogP contribution in [0.15, 0.2) is 71.9 Å². The van der Waals surface area contributed by atoms with Crippen LogP contribution in [0.4, 0.5) is 5.69 Å². The number of ketones is 2. The number of hydrogen-bond acceptors (Lipinski definition) is 13. The van der Waals surface area contributed by atoms with Crippen LogP contribution in [0, 0.1) is 46.8 Å². The van der Waals surface area contributed by atoms with Crippen molar-refractivity contribution in [3.05, 3.63) is 77.4 Å². The minimum atomic E-state index is -2.44. The molecule has 0 aromatic heterocycles. The van der Waals surface area contributed by atoms with E-state index in [0.717, 1.165) is 12.0 Å². The largest absolute Gasteiger partial charge is 0.461 e. The Bertz CT molecular complexity index is 2130. The van der Waals surface area contributed by atoms with Crippen molar-refractivity contribution in [3.63, 3.8) is 0 Å². The molecule has 1 amide bonds. The normalized spacial score (nSPS) is 37.7. The zero-order valence-electron chi connectivity index (χ0n) is 43.8.